The fraction of sp³-hybridized carbons (Fsp3) is 0.333. The highest BCUT2D eigenvalue weighted by Crippen LogP contribution is 2.08. The maximum atomic E-state index is 12.2. The Morgan fingerprint density at radius 2 is 1.94 bits per heavy atom. The van der Waals surface area contributed by atoms with Crippen molar-refractivity contribution < 1.29 is 9.37 Å². The molecular formula is C15H19N2O+. The molecule has 0 unspecified atom stereocenters. The van der Waals surface area contributed by atoms with E-state index < -0.39 is 0 Å². The minimum atomic E-state index is 0.159. The van der Waals surface area contributed by atoms with Gasteiger partial charge in [-0.05, 0) is 0 Å². The molecule has 0 spiro atoms. The van der Waals surface area contributed by atoms with E-state index >= 15 is 0 Å². The molecule has 0 fully saturated rings. The summed E-state index contributed by atoms with van der Waals surface area (Å²) in [4.78, 5) is 14.3. The Morgan fingerprint density at radius 1 is 1.28 bits per heavy atom. The largest absolute Gasteiger partial charge is 0.365 e. The van der Waals surface area contributed by atoms with Gasteiger partial charge in [0.2, 0.25) is 12.3 Å². The number of carbonyl (C=O) groups excluding carboxylic acids is 1. The first-order valence-electron chi connectivity index (χ1n) is 6.15. The molecule has 0 bridgehead atoms. The molecule has 0 N–H and O–H groups in total. The molecule has 1 heterocycles. The molecule has 1 aliphatic rings. The van der Waals surface area contributed by atoms with Crippen molar-refractivity contribution in [2.24, 2.45) is 0 Å². The number of carbonyl (C=O) groups is 1. The van der Waals surface area contributed by atoms with Crippen LogP contribution >= 0.6 is 0 Å². The highest BCUT2D eigenvalue weighted by atomic mass is 16.1. The van der Waals surface area contributed by atoms with E-state index in [-0.39, 0.29) is 5.78 Å². The first kappa shape index (κ1) is 12.6. The van der Waals surface area contributed by atoms with E-state index in [4.69, 9.17) is 0 Å². The summed E-state index contributed by atoms with van der Waals surface area (Å²) in [7, 11) is 2.04. The maximum Gasteiger partial charge on any atom is 0.227 e. The van der Waals surface area contributed by atoms with Crippen LogP contribution < -0.4 is 0 Å². The third-order valence-corrected chi connectivity index (χ3v) is 3.17. The average molecular weight is 243 g/mol. The summed E-state index contributed by atoms with van der Waals surface area (Å²) in [5.41, 5.74) is 3.10. The Kier molecular flexibility index (Phi) is 3.60. The second kappa shape index (κ2) is 5.17. The van der Waals surface area contributed by atoms with Crippen molar-refractivity contribution in [2.75, 3.05) is 20.1 Å². The highest BCUT2D eigenvalue weighted by Gasteiger charge is 2.23. The van der Waals surface area contributed by atoms with Crippen LogP contribution in [0.25, 0.3) is 0 Å². The smallest absolute Gasteiger partial charge is 0.227 e. The van der Waals surface area contributed by atoms with E-state index in [1.165, 1.54) is 5.71 Å². The summed E-state index contributed by atoms with van der Waals surface area (Å²) in [6.45, 7) is 5.41. The number of nitrogens with zero attached hydrogens (tertiary/aromatic N) is 2. The van der Waals surface area contributed by atoms with Crippen molar-refractivity contribution in [2.45, 2.75) is 13.8 Å². The SMILES string of the molecule is CC1=CN(C)CC(C)=[N+]1CC(=O)c1ccccc1. The summed E-state index contributed by atoms with van der Waals surface area (Å²) >= 11 is 0. The molecule has 2 rings (SSSR count). The van der Waals surface area contributed by atoms with Gasteiger partial charge in [0.25, 0.3) is 0 Å². The monoisotopic (exact) mass is 243 g/mol. The lowest BCUT2D eigenvalue weighted by atomic mass is 10.1. The molecule has 3 heteroatoms. The van der Waals surface area contributed by atoms with Gasteiger partial charge in [-0.2, -0.15) is 4.58 Å². The number of rotatable bonds is 3. The van der Waals surface area contributed by atoms with Crippen molar-refractivity contribution >= 4 is 11.5 Å². The first-order valence-corrected chi connectivity index (χ1v) is 6.15. The van der Waals surface area contributed by atoms with Gasteiger partial charge >= 0.3 is 0 Å². The molecule has 1 aliphatic heterocycles. The molecule has 0 aliphatic carbocycles. The summed E-state index contributed by atoms with van der Waals surface area (Å²) in [6.07, 6.45) is 2.07. The predicted octanol–water partition coefficient (Wildman–Crippen LogP) is 2.15. The van der Waals surface area contributed by atoms with E-state index in [2.05, 4.69) is 22.6 Å². The number of hydrogen-bond donors (Lipinski definition) is 0. The van der Waals surface area contributed by atoms with Gasteiger partial charge in [-0.25, -0.2) is 0 Å². The second-order valence-electron chi connectivity index (χ2n) is 4.80. The molecule has 0 amide bonds. The van der Waals surface area contributed by atoms with Gasteiger partial charge < -0.3 is 4.90 Å². The molecule has 0 saturated heterocycles. The summed E-state index contributed by atoms with van der Waals surface area (Å²) < 4.78 is 2.09. The molecule has 1 aromatic carbocycles. The molecule has 0 aromatic heterocycles. The van der Waals surface area contributed by atoms with Gasteiger partial charge in [0, 0.05) is 26.5 Å². The van der Waals surface area contributed by atoms with E-state index in [9.17, 15) is 4.79 Å². The summed E-state index contributed by atoms with van der Waals surface area (Å²) in [6, 6.07) is 9.46. The molecule has 0 radical (unpaired) electrons. The van der Waals surface area contributed by atoms with Gasteiger partial charge in [0.15, 0.2) is 11.4 Å². The van der Waals surface area contributed by atoms with Gasteiger partial charge in [-0.15, -0.1) is 0 Å². The van der Waals surface area contributed by atoms with Crippen LogP contribution in [0.3, 0.4) is 0 Å². The zero-order valence-electron chi connectivity index (χ0n) is 11.2. The zero-order valence-corrected chi connectivity index (χ0v) is 11.2. The molecule has 0 saturated carbocycles. The van der Waals surface area contributed by atoms with Crippen LogP contribution in [0, 0.1) is 0 Å². The van der Waals surface area contributed by atoms with Crippen LogP contribution in [0.2, 0.25) is 0 Å². The van der Waals surface area contributed by atoms with Crippen LogP contribution in [0.15, 0.2) is 42.2 Å². The number of benzene rings is 1. The van der Waals surface area contributed by atoms with Crippen molar-refractivity contribution in [1.29, 1.82) is 0 Å². The summed E-state index contributed by atoms with van der Waals surface area (Å²) in [5.74, 6) is 0.159. The molecular weight excluding hydrogens is 224 g/mol. The molecule has 1 aromatic rings. The average Bonchev–Trinajstić information content (AvgIpc) is 2.34. The van der Waals surface area contributed by atoms with Gasteiger partial charge in [0.1, 0.15) is 0 Å². The molecule has 18 heavy (non-hydrogen) atoms. The van der Waals surface area contributed by atoms with Crippen LogP contribution in [0.5, 0.6) is 0 Å². The highest BCUT2D eigenvalue weighted by molar-refractivity contribution is 5.97. The Balaban J connectivity index is 2.18. The number of ketones is 1. The van der Waals surface area contributed by atoms with Gasteiger partial charge in [-0.1, -0.05) is 30.3 Å². The molecule has 94 valence electrons. The summed E-state index contributed by atoms with van der Waals surface area (Å²) in [5, 5.41) is 0. The molecule has 0 atom stereocenters. The van der Waals surface area contributed by atoms with E-state index in [0.29, 0.717) is 6.54 Å². The second-order valence-corrected chi connectivity index (χ2v) is 4.80. The predicted molar refractivity (Wildman–Crippen MR) is 73.0 cm³/mol. The fourth-order valence-corrected chi connectivity index (χ4v) is 2.30. The van der Waals surface area contributed by atoms with Crippen LogP contribution in [0.4, 0.5) is 0 Å². The third-order valence-electron chi connectivity index (χ3n) is 3.17. The van der Waals surface area contributed by atoms with E-state index in [0.717, 1.165) is 17.8 Å². The van der Waals surface area contributed by atoms with Crippen LogP contribution in [-0.4, -0.2) is 41.1 Å². The Bertz CT molecular complexity index is 515. The van der Waals surface area contributed by atoms with Crippen molar-refractivity contribution in [3.63, 3.8) is 0 Å². The first-order chi connectivity index (χ1) is 8.58. The number of allylic oxidation sites excluding steroid dienone is 1. The third kappa shape index (κ3) is 2.67. The van der Waals surface area contributed by atoms with Crippen LogP contribution in [-0.2, 0) is 0 Å². The lowest BCUT2D eigenvalue weighted by molar-refractivity contribution is -0.467. The Hall–Kier alpha value is -1.90. The Labute approximate surface area is 108 Å². The van der Waals surface area contributed by atoms with Crippen molar-refractivity contribution in [3.8, 4) is 0 Å². The normalized spacial score (nSPS) is 15.7. The van der Waals surface area contributed by atoms with Crippen LogP contribution in [0.1, 0.15) is 24.2 Å². The van der Waals surface area contributed by atoms with E-state index in [1.54, 1.807) is 0 Å². The standard InChI is InChI=1S/C15H19N2O/c1-12-9-16(3)10-13(2)17(12)11-15(18)14-7-5-4-6-8-14/h4-9H,10-11H2,1-3H3/q+1. The fourth-order valence-electron chi connectivity index (χ4n) is 2.30. The molecule has 3 nitrogen and oxygen atoms in total. The van der Waals surface area contributed by atoms with Crippen molar-refractivity contribution in [3.05, 3.63) is 47.8 Å². The topological polar surface area (TPSA) is 23.3 Å². The Morgan fingerprint density at radius 3 is 2.56 bits per heavy atom. The number of hydrogen-bond acceptors (Lipinski definition) is 2. The minimum Gasteiger partial charge on any atom is -0.365 e. The lowest BCUT2D eigenvalue weighted by Gasteiger charge is -2.19. The number of Topliss-reactive ketones (excluding diaryl/α,β-unsaturated/α-hetero) is 1. The van der Waals surface area contributed by atoms with Gasteiger partial charge in [0.05, 0.1) is 12.7 Å². The maximum absolute atomic E-state index is 12.2. The van der Waals surface area contributed by atoms with E-state index in [1.807, 2.05) is 44.3 Å². The zero-order chi connectivity index (χ0) is 13.1. The quantitative estimate of drug-likeness (QED) is 0.600. The van der Waals surface area contributed by atoms with Crippen molar-refractivity contribution in [1.82, 2.24) is 4.90 Å². The van der Waals surface area contributed by atoms with Gasteiger partial charge in [-0.3, -0.25) is 4.79 Å². The minimum absolute atomic E-state index is 0.159. The lowest BCUT2D eigenvalue weighted by Crippen LogP contribution is -2.35.